The zero-order valence-corrected chi connectivity index (χ0v) is 13.9. The molecular formula is C16H25NOSi. The van der Waals surface area contributed by atoms with Gasteiger partial charge in [0.15, 0.2) is 0 Å². The highest BCUT2D eigenvalue weighted by atomic mass is 28.3. The highest BCUT2D eigenvalue weighted by Crippen LogP contribution is 2.17. The van der Waals surface area contributed by atoms with Crippen molar-refractivity contribution >= 4 is 14.2 Å². The monoisotopic (exact) mass is 275 g/mol. The van der Waals surface area contributed by atoms with Crippen molar-refractivity contribution < 1.29 is 4.79 Å². The molecule has 3 heteroatoms. The van der Waals surface area contributed by atoms with Crippen LogP contribution in [0.2, 0.25) is 19.6 Å². The van der Waals surface area contributed by atoms with E-state index in [1.165, 1.54) is 5.57 Å². The minimum absolute atomic E-state index is 0.436. The number of carbonyl (C=O) groups excluding carboxylic acids is 1. The van der Waals surface area contributed by atoms with Crippen LogP contribution in [-0.2, 0) is 4.79 Å². The molecule has 0 aromatic heterocycles. The number of isocyanates is 1. The highest BCUT2D eigenvalue weighted by molar-refractivity contribution is 6.83. The molecule has 2 nitrogen and oxygen atoms in total. The molecule has 0 bridgehead atoms. The molecule has 0 radical (unpaired) electrons. The zero-order chi connectivity index (χ0) is 14.9. The second-order valence-corrected chi connectivity index (χ2v) is 10.7. The third-order valence-corrected chi connectivity index (χ3v) is 3.50. The lowest BCUT2D eigenvalue weighted by atomic mass is 9.99. The molecule has 0 aromatic carbocycles. The lowest BCUT2D eigenvalue weighted by molar-refractivity contribution is 0.563. The summed E-state index contributed by atoms with van der Waals surface area (Å²) in [6.07, 6.45) is 4.18. The fraction of sp³-hybridized carbons (Fsp3) is 0.562. The van der Waals surface area contributed by atoms with E-state index in [0.717, 1.165) is 30.4 Å². The van der Waals surface area contributed by atoms with Gasteiger partial charge in [0.05, 0.1) is 6.54 Å². The number of aliphatic imine (C=N–C) groups is 1. The SMILES string of the molecule is C=C(CCC#C[Si](C)(C)C)CC(CN=C=O)=C(C)C. The van der Waals surface area contributed by atoms with Crippen molar-refractivity contribution in [3.63, 3.8) is 0 Å². The summed E-state index contributed by atoms with van der Waals surface area (Å²) in [6.45, 7) is 15.3. The average molecular weight is 275 g/mol. The second-order valence-electron chi connectivity index (χ2n) is 5.99. The van der Waals surface area contributed by atoms with Crippen molar-refractivity contribution in [1.29, 1.82) is 0 Å². The van der Waals surface area contributed by atoms with Crippen LogP contribution in [0, 0.1) is 11.5 Å². The van der Waals surface area contributed by atoms with E-state index >= 15 is 0 Å². The van der Waals surface area contributed by atoms with Gasteiger partial charge >= 0.3 is 0 Å². The maximum Gasteiger partial charge on any atom is 0.235 e. The summed E-state index contributed by atoms with van der Waals surface area (Å²) < 4.78 is 0. The van der Waals surface area contributed by atoms with Crippen LogP contribution >= 0.6 is 0 Å². The molecule has 0 amide bonds. The first-order valence-corrected chi connectivity index (χ1v) is 10.1. The van der Waals surface area contributed by atoms with Crippen molar-refractivity contribution in [3.05, 3.63) is 23.3 Å². The van der Waals surface area contributed by atoms with E-state index in [4.69, 9.17) is 0 Å². The van der Waals surface area contributed by atoms with Crippen molar-refractivity contribution in [2.75, 3.05) is 6.54 Å². The Kier molecular flexibility index (Phi) is 8.07. The fourth-order valence-electron chi connectivity index (χ4n) is 1.48. The average Bonchev–Trinajstić information content (AvgIpc) is 2.28. The van der Waals surface area contributed by atoms with Crippen LogP contribution in [-0.4, -0.2) is 20.7 Å². The molecule has 0 atom stereocenters. The fourth-order valence-corrected chi connectivity index (χ4v) is 2.13. The quantitative estimate of drug-likeness (QED) is 0.234. The van der Waals surface area contributed by atoms with Gasteiger partial charge < -0.3 is 0 Å². The first-order chi connectivity index (χ1) is 8.76. The third kappa shape index (κ3) is 10.3. The maximum atomic E-state index is 10.2. The smallest absolute Gasteiger partial charge is 0.211 e. The van der Waals surface area contributed by atoms with Gasteiger partial charge in [-0.25, -0.2) is 9.79 Å². The highest BCUT2D eigenvalue weighted by Gasteiger charge is 2.07. The molecule has 19 heavy (non-hydrogen) atoms. The van der Waals surface area contributed by atoms with Gasteiger partial charge in [0.2, 0.25) is 6.08 Å². The summed E-state index contributed by atoms with van der Waals surface area (Å²) in [4.78, 5) is 13.8. The van der Waals surface area contributed by atoms with Gasteiger partial charge in [0.25, 0.3) is 0 Å². The Morgan fingerprint density at radius 3 is 2.37 bits per heavy atom. The van der Waals surface area contributed by atoms with Gasteiger partial charge in [0.1, 0.15) is 8.07 Å². The summed E-state index contributed by atoms with van der Waals surface area (Å²) >= 11 is 0. The molecular weight excluding hydrogens is 250 g/mol. The molecule has 0 aliphatic heterocycles. The summed E-state index contributed by atoms with van der Waals surface area (Å²) in [6, 6.07) is 0. The number of nitrogens with zero attached hydrogens (tertiary/aromatic N) is 1. The van der Waals surface area contributed by atoms with Gasteiger partial charge in [-0.05, 0) is 32.3 Å². The van der Waals surface area contributed by atoms with E-state index in [1.54, 1.807) is 6.08 Å². The van der Waals surface area contributed by atoms with E-state index < -0.39 is 8.07 Å². The Bertz CT molecular complexity index is 447. The van der Waals surface area contributed by atoms with Crippen LogP contribution in [0.3, 0.4) is 0 Å². The van der Waals surface area contributed by atoms with E-state index in [1.807, 2.05) is 13.8 Å². The van der Waals surface area contributed by atoms with Gasteiger partial charge in [-0.15, -0.1) is 11.5 Å². The van der Waals surface area contributed by atoms with Crippen molar-refractivity contribution in [2.45, 2.75) is 52.8 Å². The number of rotatable bonds is 6. The maximum absolute atomic E-state index is 10.2. The second kappa shape index (κ2) is 8.69. The molecule has 0 spiro atoms. The first-order valence-electron chi connectivity index (χ1n) is 6.62. The van der Waals surface area contributed by atoms with Crippen LogP contribution in [0.4, 0.5) is 0 Å². The summed E-state index contributed by atoms with van der Waals surface area (Å²) in [5, 5.41) is 0. The van der Waals surface area contributed by atoms with Crippen LogP contribution in [0.15, 0.2) is 28.3 Å². The predicted octanol–water partition coefficient (Wildman–Crippen LogP) is 4.27. The Labute approximate surface area is 118 Å². The van der Waals surface area contributed by atoms with Crippen LogP contribution in [0.5, 0.6) is 0 Å². The standard InChI is InChI=1S/C16H25NOSi/c1-14(2)16(12-17-13-18)11-15(3)9-7-8-10-19(4,5)6/h3,7,9,11-12H2,1-2,4-6H3. The topological polar surface area (TPSA) is 29.4 Å². The number of hydrogen-bond acceptors (Lipinski definition) is 2. The lowest BCUT2D eigenvalue weighted by Crippen LogP contribution is -2.16. The third-order valence-electron chi connectivity index (χ3n) is 2.57. The van der Waals surface area contributed by atoms with Gasteiger partial charge in [-0.1, -0.05) is 37.4 Å². The molecule has 0 fully saturated rings. The Balaban J connectivity index is 4.33. The molecule has 0 saturated carbocycles. The number of hydrogen-bond donors (Lipinski definition) is 0. The predicted molar refractivity (Wildman–Crippen MR) is 85.5 cm³/mol. The van der Waals surface area contributed by atoms with Crippen LogP contribution < -0.4 is 0 Å². The number of allylic oxidation sites excluding steroid dienone is 2. The first kappa shape index (κ1) is 17.6. The van der Waals surface area contributed by atoms with E-state index in [2.05, 4.69) is 42.7 Å². The lowest BCUT2D eigenvalue weighted by Gasteiger charge is -2.09. The van der Waals surface area contributed by atoms with Crippen LogP contribution in [0.25, 0.3) is 0 Å². The minimum Gasteiger partial charge on any atom is -0.211 e. The van der Waals surface area contributed by atoms with Crippen molar-refractivity contribution in [1.82, 2.24) is 0 Å². The molecule has 0 unspecified atom stereocenters. The summed E-state index contributed by atoms with van der Waals surface area (Å²) in [5.74, 6) is 3.25. The molecule has 0 aliphatic rings. The van der Waals surface area contributed by atoms with E-state index in [9.17, 15) is 4.79 Å². The van der Waals surface area contributed by atoms with E-state index in [-0.39, 0.29) is 0 Å². The van der Waals surface area contributed by atoms with Gasteiger partial charge in [-0.2, -0.15) is 0 Å². The normalized spacial score (nSPS) is 9.95. The van der Waals surface area contributed by atoms with Gasteiger partial charge in [-0.3, -0.25) is 0 Å². The Morgan fingerprint density at radius 1 is 1.26 bits per heavy atom. The Morgan fingerprint density at radius 2 is 1.89 bits per heavy atom. The van der Waals surface area contributed by atoms with Crippen molar-refractivity contribution in [3.8, 4) is 11.5 Å². The molecule has 0 N–H and O–H groups in total. The minimum atomic E-state index is -1.25. The van der Waals surface area contributed by atoms with Crippen molar-refractivity contribution in [2.24, 2.45) is 4.99 Å². The molecule has 0 aliphatic carbocycles. The molecule has 0 aromatic rings. The molecule has 104 valence electrons. The molecule has 0 rings (SSSR count). The molecule has 0 heterocycles. The zero-order valence-electron chi connectivity index (χ0n) is 12.9. The van der Waals surface area contributed by atoms with Gasteiger partial charge in [0, 0.05) is 6.42 Å². The molecule has 0 saturated heterocycles. The summed E-state index contributed by atoms with van der Waals surface area (Å²) in [7, 11) is -1.25. The van der Waals surface area contributed by atoms with E-state index in [0.29, 0.717) is 6.54 Å². The largest absolute Gasteiger partial charge is 0.235 e. The Hall–Kier alpha value is -1.36. The van der Waals surface area contributed by atoms with Crippen LogP contribution in [0.1, 0.15) is 33.1 Å². The summed E-state index contributed by atoms with van der Waals surface area (Å²) in [5.41, 5.74) is 6.87.